The maximum Gasteiger partial charge on any atom is 0.170 e. The van der Waals surface area contributed by atoms with Crippen molar-refractivity contribution >= 4 is 119 Å². The van der Waals surface area contributed by atoms with E-state index in [4.69, 9.17) is 9.97 Å². The first kappa shape index (κ1) is 68.0. The SMILES string of the molecule is CCCCN(CCCC)c1ccc(-c2ccc(-c3ccc(-c4ccc(-c5cc(-c6ccc(-c7ccc(-c8ccc(-c9ccc(N(CCCC)CCCC)cc9)s8)s7)s6)nc(-c6ccc(-c7ccc(-c8ccc(-c9ccc(N(CCCC)CCCC)cc9)s8)s7)s6)n5)s4)s3)s2)cc1. The van der Waals surface area contributed by atoms with Crippen molar-refractivity contribution in [3.63, 3.8) is 0 Å². The molecule has 14 heteroatoms. The highest BCUT2D eigenvalue weighted by molar-refractivity contribution is 7.29. The maximum absolute atomic E-state index is 5.44. The molecule has 0 saturated carbocycles. The number of unbranched alkanes of at least 4 members (excludes halogenated alkanes) is 6. The van der Waals surface area contributed by atoms with Crippen molar-refractivity contribution in [3.8, 4) is 122 Å². The Labute approximate surface area is 605 Å². The van der Waals surface area contributed by atoms with Gasteiger partial charge in [0.1, 0.15) is 0 Å². The van der Waals surface area contributed by atoms with Crippen LogP contribution in [0.15, 0.2) is 188 Å². The van der Waals surface area contributed by atoms with Gasteiger partial charge in [0.05, 0.1) is 26.0 Å². The largest absolute Gasteiger partial charge is 0.372 e. The average Bonchev–Trinajstić information content (AvgIpc) is 1.90. The van der Waals surface area contributed by atoms with Crippen LogP contribution in [0.1, 0.15) is 119 Å². The molecule has 13 aromatic rings. The quantitative estimate of drug-likeness (QED) is 0.0410. The number of aromatic nitrogens is 2. The van der Waals surface area contributed by atoms with Crippen LogP contribution in [0.25, 0.3) is 122 Å². The van der Waals surface area contributed by atoms with Crippen molar-refractivity contribution in [1.82, 2.24) is 9.97 Å². The average molecular weight is 1430 g/mol. The van der Waals surface area contributed by atoms with Crippen LogP contribution in [0.2, 0.25) is 0 Å². The molecule has 0 amide bonds. The van der Waals surface area contributed by atoms with E-state index >= 15 is 0 Å². The fraction of sp³-hybridized carbons (Fsp3) is 0.293. The summed E-state index contributed by atoms with van der Waals surface area (Å²) in [6.45, 7) is 20.4. The summed E-state index contributed by atoms with van der Waals surface area (Å²) in [6.07, 6.45) is 14.6. The molecule has 0 atom stereocenters. The minimum absolute atomic E-state index is 0.756. The molecule has 96 heavy (non-hydrogen) atoms. The molecule has 10 heterocycles. The minimum Gasteiger partial charge on any atom is -0.372 e. The van der Waals surface area contributed by atoms with Crippen molar-refractivity contribution in [2.75, 3.05) is 54.0 Å². The van der Waals surface area contributed by atoms with Gasteiger partial charge in [0, 0.05) is 129 Å². The normalized spacial score (nSPS) is 11.6. The molecule has 0 aliphatic carbocycles. The molecule has 0 spiro atoms. The molecule has 0 bridgehead atoms. The lowest BCUT2D eigenvalue weighted by Gasteiger charge is -2.24. The fourth-order valence-corrected chi connectivity index (χ4v) is 21.5. The number of anilines is 3. The van der Waals surface area contributed by atoms with E-state index in [1.54, 1.807) is 11.3 Å². The lowest BCUT2D eigenvalue weighted by atomic mass is 10.1. The Morgan fingerprint density at radius 3 is 0.646 bits per heavy atom. The lowest BCUT2D eigenvalue weighted by Crippen LogP contribution is -2.25. The van der Waals surface area contributed by atoms with Crippen LogP contribution in [0.3, 0.4) is 0 Å². The van der Waals surface area contributed by atoms with Crippen LogP contribution < -0.4 is 14.7 Å². The summed E-state index contributed by atoms with van der Waals surface area (Å²) in [5.74, 6) is 0.756. The highest BCUT2D eigenvalue weighted by Crippen LogP contribution is 2.48. The molecular formula is C82H85N5S9. The Hall–Kier alpha value is -6.56. The summed E-state index contributed by atoms with van der Waals surface area (Å²) in [6, 6.07) is 71.2. The Bertz CT molecular complexity index is 4060. The van der Waals surface area contributed by atoms with Gasteiger partial charge in [0.2, 0.25) is 0 Å². The van der Waals surface area contributed by atoms with E-state index in [9.17, 15) is 0 Å². The molecule has 3 aromatic carbocycles. The second-order valence-electron chi connectivity index (χ2n) is 24.7. The van der Waals surface area contributed by atoms with Crippen LogP contribution >= 0.6 is 102 Å². The number of rotatable bonds is 33. The first-order chi connectivity index (χ1) is 47.2. The van der Waals surface area contributed by atoms with E-state index in [1.165, 1.54) is 184 Å². The monoisotopic (exact) mass is 1430 g/mol. The predicted octanol–water partition coefficient (Wildman–Crippen LogP) is 28.3. The van der Waals surface area contributed by atoms with Crippen LogP contribution in [-0.2, 0) is 0 Å². The van der Waals surface area contributed by atoms with E-state index in [2.05, 4.69) is 244 Å². The van der Waals surface area contributed by atoms with E-state index in [1.807, 2.05) is 90.7 Å². The van der Waals surface area contributed by atoms with Gasteiger partial charge in [-0.05, 0) is 207 Å². The standard InChI is InChI=1S/C82H85N5S9/c1-7-13-49-85(50-14-8-2)59-25-19-56(20-26-59)64-31-36-69(88-64)74-41-44-77(93-74)72-39-34-67(91-72)62-55-63(68-35-40-73(92-68)78-45-42-75(94-78)70-37-32-65(89-70)57-21-27-60(28-22-57)86(51-15-9-3)52-16-10-4)84-82(83-62)81-48-47-80(96-81)79-46-43-76(95-79)71-38-33-66(90-71)58-23-29-61(30-24-58)87(53-17-11-5)54-18-12-6/h19-48,55H,7-18,49-54H2,1-6H3. The van der Waals surface area contributed by atoms with Gasteiger partial charge in [-0.1, -0.05) is 116 Å². The summed E-state index contributed by atoms with van der Waals surface area (Å²) in [7, 11) is 0. The Kier molecular flexibility index (Phi) is 23.3. The first-order valence-electron chi connectivity index (χ1n) is 34.6. The third-order valence-electron chi connectivity index (χ3n) is 17.6. The summed E-state index contributed by atoms with van der Waals surface area (Å²) in [5.41, 5.74) is 9.73. The minimum atomic E-state index is 0.756. The number of thiophene rings is 9. The molecule has 5 nitrogen and oxygen atoms in total. The van der Waals surface area contributed by atoms with E-state index in [0.29, 0.717) is 0 Å². The number of nitrogens with zero attached hydrogens (tertiary/aromatic N) is 5. The molecule has 0 aliphatic heterocycles. The molecule has 0 N–H and O–H groups in total. The summed E-state index contributed by atoms with van der Waals surface area (Å²) in [4.78, 5) is 41.1. The Morgan fingerprint density at radius 1 is 0.219 bits per heavy atom. The second kappa shape index (κ2) is 32.9. The van der Waals surface area contributed by atoms with Gasteiger partial charge in [0.15, 0.2) is 5.82 Å². The highest BCUT2D eigenvalue weighted by Gasteiger charge is 2.21. The smallest absolute Gasteiger partial charge is 0.170 e. The van der Waals surface area contributed by atoms with Gasteiger partial charge >= 0.3 is 0 Å². The topological polar surface area (TPSA) is 35.5 Å². The van der Waals surface area contributed by atoms with E-state index in [0.717, 1.165) is 71.1 Å². The van der Waals surface area contributed by atoms with E-state index in [-0.39, 0.29) is 0 Å². The van der Waals surface area contributed by atoms with E-state index < -0.39 is 0 Å². The molecule has 13 rings (SSSR count). The van der Waals surface area contributed by atoms with Gasteiger partial charge < -0.3 is 14.7 Å². The lowest BCUT2D eigenvalue weighted by molar-refractivity contribution is 0.678. The molecular weight excluding hydrogens is 1340 g/mol. The van der Waals surface area contributed by atoms with Crippen LogP contribution in [0.4, 0.5) is 17.1 Å². The van der Waals surface area contributed by atoms with Crippen molar-refractivity contribution in [3.05, 3.63) is 188 Å². The Balaban J connectivity index is 0.754. The molecule has 0 radical (unpaired) electrons. The van der Waals surface area contributed by atoms with Crippen molar-refractivity contribution in [2.24, 2.45) is 0 Å². The first-order valence-corrected chi connectivity index (χ1v) is 42.0. The summed E-state index contributed by atoms with van der Waals surface area (Å²) in [5, 5.41) is 0. The predicted molar refractivity (Wildman–Crippen MR) is 434 cm³/mol. The van der Waals surface area contributed by atoms with Crippen LogP contribution in [0.5, 0.6) is 0 Å². The maximum atomic E-state index is 5.44. The van der Waals surface area contributed by atoms with Gasteiger partial charge in [-0.15, -0.1) is 102 Å². The molecule has 0 saturated heterocycles. The second-order valence-corrected chi connectivity index (χ2v) is 34.4. The molecule has 0 aliphatic rings. The Morgan fingerprint density at radius 2 is 0.406 bits per heavy atom. The van der Waals surface area contributed by atoms with Gasteiger partial charge in [-0.25, -0.2) is 9.97 Å². The fourth-order valence-electron chi connectivity index (χ4n) is 12.0. The molecule has 10 aromatic heterocycles. The highest BCUT2D eigenvalue weighted by atomic mass is 32.1. The number of hydrogen-bond acceptors (Lipinski definition) is 14. The van der Waals surface area contributed by atoms with Crippen molar-refractivity contribution < 1.29 is 0 Å². The number of benzene rings is 3. The molecule has 492 valence electrons. The summed E-state index contributed by atoms with van der Waals surface area (Å²) >= 11 is 16.7. The number of hydrogen-bond donors (Lipinski definition) is 0. The molecule has 0 fully saturated rings. The van der Waals surface area contributed by atoms with Crippen LogP contribution in [0, 0.1) is 0 Å². The van der Waals surface area contributed by atoms with Gasteiger partial charge in [-0.2, -0.15) is 0 Å². The third kappa shape index (κ3) is 16.3. The van der Waals surface area contributed by atoms with Crippen molar-refractivity contribution in [2.45, 2.75) is 119 Å². The summed E-state index contributed by atoms with van der Waals surface area (Å²) < 4.78 is 0. The van der Waals surface area contributed by atoms with Gasteiger partial charge in [-0.3, -0.25) is 0 Å². The zero-order chi connectivity index (χ0) is 65.7. The molecule has 0 unspecified atom stereocenters. The zero-order valence-electron chi connectivity index (χ0n) is 56.0. The van der Waals surface area contributed by atoms with Crippen molar-refractivity contribution in [1.29, 1.82) is 0 Å². The zero-order valence-corrected chi connectivity index (χ0v) is 63.4. The van der Waals surface area contributed by atoms with Gasteiger partial charge in [0.25, 0.3) is 0 Å². The van der Waals surface area contributed by atoms with Crippen LogP contribution in [-0.4, -0.2) is 49.2 Å². The third-order valence-corrected chi connectivity index (χ3v) is 28.7.